The molecular weight excluding hydrogens is 371 g/mol. The molecule has 128 valence electrons. The van der Waals surface area contributed by atoms with Crippen molar-refractivity contribution in [3.05, 3.63) is 81.2 Å². The minimum atomic E-state index is -0.274. The summed E-state index contributed by atoms with van der Waals surface area (Å²) in [6, 6.07) is 16.2. The average molecular weight is 383 g/mol. The van der Waals surface area contributed by atoms with Crippen LogP contribution in [0.25, 0.3) is 22.2 Å². The topological polar surface area (TPSA) is 70.7 Å². The second kappa shape index (κ2) is 6.78. The Kier molecular flexibility index (Phi) is 4.32. The minimum absolute atomic E-state index is 0.274. The number of nitrogens with one attached hydrogen (secondary N) is 2. The molecule has 2 N–H and O–H groups in total. The molecule has 0 saturated carbocycles. The normalized spacial score (nSPS) is 10.8. The summed E-state index contributed by atoms with van der Waals surface area (Å²) in [7, 11) is 0. The molecule has 0 unspecified atom stereocenters. The molecule has 0 radical (unpaired) electrons. The summed E-state index contributed by atoms with van der Waals surface area (Å²) >= 11 is 11.8. The number of aromatic nitrogens is 3. The Bertz CT molecular complexity index is 1140. The Labute approximate surface area is 158 Å². The zero-order chi connectivity index (χ0) is 18.1. The van der Waals surface area contributed by atoms with Gasteiger partial charge in [0, 0.05) is 21.9 Å². The number of aromatic amines is 1. The highest BCUT2D eigenvalue weighted by Crippen LogP contribution is 2.26. The highest BCUT2D eigenvalue weighted by Gasteiger charge is 2.11. The summed E-state index contributed by atoms with van der Waals surface area (Å²) in [4.78, 5) is 24.1. The Hall–Kier alpha value is -2.89. The Morgan fingerprint density at radius 2 is 1.54 bits per heavy atom. The van der Waals surface area contributed by atoms with Crippen LogP contribution < -0.4 is 10.9 Å². The fraction of sp³-hybridized carbons (Fsp3) is 0. The van der Waals surface area contributed by atoms with Gasteiger partial charge in [-0.25, -0.2) is 4.98 Å². The van der Waals surface area contributed by atoms with Gasteiger partial charge in [0.15, 0.2) is 5.65 Å². The Morgan fingerprint density at radius 1 is 0.885 bits per heavy atom. The number of benzene rings is 2. The molecule has 2 aromatic heterocycles. The molecule has 2 aromatic carbocycles. The fourth-order valence-corrected chi connectivity index (χ4v) is 2.91. The Balaban J connectivity index is 1.80. The minimum Gasteiger partial charge on any atom is -0.326 e. The lowest BCUT2D eigenvalue weighted by molar-refractivity contribution is 1.14. The number of hydrogen-bond acceptors (Lipinski definition) is 4. The second-order valence-corrected chi connectivity index (χ2v) is 6.48. The van der Waals surface area contributed by atoms with Crippen molar-refractivity contribution in [2.45, 2.75) is 0 Å². The summed E-state index contributed by atoms with van der Waals surface area (Å²) in [6.45, 7) is 0. The van der Waals surface area contributed by atoms with Crippen LogP contribution >= 0.6 is 23.2 Å². The van der Waals surface area contributed by atoms with Gasteiger partial charge >= 0.3 is 0 Å². The van der Waals surface area contributed by atoms with E-state index in [1.165, 1.54) is 0 Å². The highest BCUT2D eigenvalue weighted by atomic mass is 35.5. The maximum atomic E-state index is 12.7. The van der Waals surface area contributed by atoms with Gasteiger partial charge in [0.25, 0.3) is 5.56 Å². The lowest BCUT2D eigenvalue weighted by Gasteiger charge is -2.09. The fourth-order valence-electron chi connectivity index (χ4n) is 2.66. The summed E-state index contributed by atoms with van der Waals surface area (Å²) in [5.41, 5.74) is 2.46. The highest BCUT2D eigenvalue weighted by molar-refractivity contribution is 6.30. The number of rotatable bonds is 3. The van der Waals surface area contributed by atoms with Gasteiger partial charge < -0.3 is 5.32 Å². The molecule has 0 saturated heterocycles. The SMILES string of the molecule is O=c1[nH]c(Nc2ccc(Cl)cc2)nc2nccc(-c3ccc(Cl)cc3)c12. The first-order chi connectivity index (χ1) is 12.6. The third-order valence-electron chi connectivity index (χ3n) is 3.87. The molecule has 0 spiro atoms. The van der Waals surface area contributed by atoms with E-state index in [9.17, 15) is 4.79 Å². The van der Waals surface area contributed by atoms with E-state index in [0.717, 1.165) is 16.8 Å². The molecule has 0 atom stereocenters. The van der Waals surface area contributed by atoms with Crippen molar-refractivity contribution in [1.29, 1.82) is 0 Å². The molecule has 0 bridgehead atoms. The van der Waals surface area contributed by atoms with Crippen LogP contribution in [-0.2, 0) is 0 Å². The van der Waals surface area contributed by atoms with Crippen LogP contribution in [0.1, 0.15) is 0 Å². The average Bonchev–Trinajstić information content (AvgIpc) is 2.64. The van der Waals surface area contributed by atoms with Gasteiger partial charge in [-0.1, -0.05) is 35.3 Å². The summed E-state index contributed by atoms with van der Waals surface area (Å²) in [5.74, 6) is 0.311. The van der Waals surface area contributed by atoms with E-state index in [2.05, 4.69) is 20.3 Å². The van der Waals surface area contributed by atoms with E-state index < -0.39 is 0 Å². The zero-order valence-corrected chi connectivity index (χ0v) is 14.8. The van der Waals surface area contributed by atoms with Gasteiger partial charge in [0.1, 0.15) is 0 Å². The number of H-pyrrole nitrogens is 1. The first-order valence-corrected chi connectivity index (χ1v) is 8.53. The second-order valence-electron chi connectivity index (χ2n) is 5.61. The monoisotopic (exact) mass is 382 g/mol. The van der Waals surface area contributed by atoms with Gasteiger partial charge in [-0.15, -0.1) is 0 Å². The molecule has 2 heterocycles. The number of anilines is 2. The van der Waals surface area contributed by atoms with Crippen LogP contribution in [0.5, 0.6) is 0 Å². The lowest BCUT2D eigenvalue weighted by atomic mass is 10.0. The van der Waals surface area contributed by atoms with E-state index in [1.807, 2.05) is 12.1 Å². The number of hydrogen-bond donors (Lipinski definition) is 2. The van der Waals surface area contributed by atoms with E-state index in [-0.39, 0.29) is 5.56 Å². The van der Waals surface area contributed by atoms with Crippen LogP contribution in [0.15, 0.2) is 65.6 Å². The van der Waals surface area contributed by atoms with Crippen molar-refractivity contribution in [2.75, 3.05) is 5.32 Å². The molecule has 26 heavy (non-hydrogen) atoms. The zero-order valence-electron chi connectivity index (χ0n) is 13.3. The van der Waals surface area contributed by atoms with Crippen LogP contribution in [0.2, 0.25) is 10.0 Å². The van der Waals surface area contributed by atoms with Crippen LogP contribution in [0.4, 0.5) is 11.6 Å². The smallest absolute Gasteiger partial charge is 0.262 e. The van der Waals surface area contributed by atoms with E-state index >= 15 is 0 Å². The molecule has 5 nitrogen and oxygen atoms in total. The van der Waals surface area contributed by atoms with Crippen molar-refractivity contribution < 1.29 is 0 Å². The lowest BCUT2D eigenvalue weighted by Crippen LogP contribution is -2.13. The maximum Gasteiger partial charge on any atom is 0.262 e. The van der Waals surface area contributed by atoms with Crippen LogP contribution in [0, 0.1) is 0 Å². The number of nitrogens with zero attached hydrogens (tertiary/aromatic N) is 2. The molecule has 0 aliphatic carbocycles. The van der Waals surface area contributed by atoms with Crippen molar-refractivity contribution in [1.82, 2.24) is 15.0 Å². The van der Waals surface area contributed by atoms with Crippen LogP contribution in [0.3, 0.4) is 0 Å². The first-order valence-electron chi connectivity index (χ1n) is 7.78. The molecular formula is C19H12Cl2N4O. The van der Waals surface area contributed by atoms with Gasteiger partial charge in [0.05, 0.1) is 5.39 Å². The van der Waals surface area contributed by atoms with Gasteiger partial charge in [-0.05, 0) is 53.6 Å². The number of pyridine rings is 1. The molecule has 7 heteroatoms. The maximum absolute atomic E-state index is 12.7. The molecule has 0 amide bonds. The van der Waals surface area contributed by atoms with E-state index in [0.29, 0.717) is 27.0 Å². The third kappa shape index (κ3) is 3.27. The largest absolute Gasteiger partial charge is 0.326 e. The van der Waals surface area contributed by atoms with Crippen molar-refractivity contribution in [2.24, 2.45) is 0 Å². The Morgan fingerprint density at radius 3 is 2.23 bits per heavy atom. The van der Waals surface area contributed by atoms with Crippen molar-refractivity contribution in [3.8, 4) is 11.1 Å². The summed E-state index contributed by atoms with van der Waals surface area (Å²) < 4.78 is 0. The van der Waals surface area contributed by atoms with Crippen LogP contribution in [-0.4, -0.2) is 15.0 Å². The third-order valence-corrected chi connectivity index (χ3v) is 4.37. The van der Waals surface area contributed by atoms with Crippen molar-refractivity contribution >= 4 is 45.9 Å². The summed E-state index contributed by atoms with van der Waals surface area (Å²) in [6.07, 6.45) is 1.63. The molecule has 0 fully saturated rings. The molecule has 4 rings (SSSR count). The summed E-state index contributed by atoms with van der Waals surface area (Å²) in [5, 5.41) is 4.74. The predicted octanol–water partition coefficient (Wildman–Crippen LogP) is 5.04. The molecule has 0 aliphatic heterocycles. The first kappa shape index (κ1) is 16.6. The standard InChI is InChI=1S/C19H12Cl2N4O/c20-12-3-1-11(2-4-12)15-9-10-22-17-16(15)18(26)25-19(24-17)23-14-7-5-13(21)6-8-14/h1-10H,(H2,22,23,24,25,26). The van der Waals surface area contributed by atoms with Crippen molar-refractivity contribution in [3.63, 3.8) is 0 Å². The molecule has 4 aromatic rings. The number of halogens is 2. The van der Waals surface area contributed by atoms with Gasteiger partial charge in [-0.2, -0.15) is 4.98 Å². The quantitative estimate of drug-likeness (QED) is 0.520. The predicted molar refractivity (Wildman–Crippen MR) is 105 cm³/mol. The van der Waals surface area contributed by atoms with Gasteiger partial charge in [0.2, 0.25) is 5.95 Å². The van der Waals surface area contributed by atoms with E-state index in [1.54, 1.807) is 48.7 Å². The van der Waals surface area contributed by atoms with Gasteiger partial charge in [-0.3, -0.25) is 9.78 Å². The van der Waals surface area contributed by atoms with E-state index in [4.69, 9.17) is 23.2 Å². The molecule has 0 aliphatic rings. The number of fused-ring (bicyclic) bond motifs is 1.